The van der Waals surface area contributed by atoms with Gasteiger partial charge in [-0.2, -0.15) is 0 Å². The molecular formula is C31H33O8P. The molecule has 0 amide bonds. The maximum Gasteiger partial charge on any atom is 0.469 e. The molecular weight excluding hydrogens is 531 g/mol. The van der Waals surface area contributed by atoms with Crippen molar-refractivity contribution >= 4 is 19.8 Å². The number of ether oxygens (including phenoxy) is 2. The first-order valence-corrected chi connectivity index (χ1v) is 14.3. The molecule has 9 heteroatoms. The number of carbonyl (C=O) groups excluding carboxylic acids is 2. The molecule has 0 heterocycles. The number of hydrogen-bond acceptors (Lipinski definition) is 6. The van der Waals surface area contributed by atoms with Crippen LogP contribution in [0.5, 0.6) is 0 Å². The third-order valence-corrected chi connectivity index (χ3v) is 5.08. The quantitative estimate of drug-likeness (QED) is 0.0725. The molecule has 0 aliphatic carbocycles. The van der Waals surface area contributed by atoms with Gasteiger partial charge in [-0.1, -0.05) is 70.6 Å². The first-order chi connectivity index (χ1) is 19.3. The SMILES string of the molecule is CC#CC#CC#CC#CC#CC#CC#CC(=O)O[C@H](COP(=O)(O)O)OC(=O)CCCCCCCCCCCC. The maximum atomic E-state index is 12.1. The first-order valence-electron chi connectivity index (χ1n) is 12.8. The molecule has 0 aliphatic rings. The van der Waals surface area contributed by atoms with Gasteiger partial charge in [0.25, 0.3) is 6.29 Å². The lowest BCUT2D eigenvalue weighted by Gasteiger charge is -2.17. The average molecular weight is 565 g/mol. The molecule has 0 aliphatic heterocycles. The molecule has 40 heavy (non-hydrogen) atoms. The van der Waals surface area contributed by atoms with Gasteiger partial charge in [-0.15, -0.1) is 0 Å². The highest BCUT2D eigenvalue weighted by Crippen LogP contribution is 2.36. The zero-order valence-corrected chi connectivity index (χ0v) is 23.7. The number of rotatable bonds is 16. The van der Waals surface area contributed by atoms with Crippen molar-refractivity contribution in [1.82, 2.24) is 0 Å². The first kappa shape index (κ1) is 36.0. The van der Waals surface area contributed by atoms with E-state index in [9.17, 15) is 14.2 Å². The van der Waals surface area contributed by atoms with Crippen LogP contribution < -0.4 is 0 Å². The Morgan fingerprint density at radius 3 is 1.60 bits per heavy atom. The molecule has 0 aromatic carbocycles. The van der Waals surface area contributed by atoms with Crippen molar-refractivity contribution in [3.05, 3.63) is 0 Å². The van der Waals surface area contributed by atoms with Gasteiger partial charge in [-0.3, -0.25) is 9.32 Å². The van der Waals surface area contributed by atoms with E-state index in [-0.39, 0.29) is 6.42 Å². The van der Waals surface area contributed by atoms with Gasteiger partial charge < -0.3 is 19.3 Å². The lowest BCUT2D eigenvalue weighted by Crippen LogP contribution is -2.28. The van der Waals surface area contributed by atoms with E-state index in [0.29, 0.717) is 6.42 Å². The van der Waals surface area contributed by atoms with Gasteiger partial charge in [0.1, 0.15) is 6.61 Å². The van der Waals surface area contributed by atoms with E-state index in [4.69, 9.17) is 19.3 Å². The molecule has 0 bridgehead atoms. The second kappa shape index (κ2) is 25.3. The highest BCUT2D eigenvalue weighted by molar-refractivity contribution is 7.46. The molecule has 1 atom stereocenters. The molecule has 0 saturated carbocycles. The Bertz CT molecular complexity index is 1290. The van der Waals surface area contributed by atoms with E-state index < -0.39 is 32.7 Å². The zero-order valence-electron chi connectivity index (χ0n) is 22.9. The van der Waals surface area contributed by atoms with E-state index in [1.165, 1.54) is 38.5 Å². The molecule has 0 fully saturated rings. The molecule has 0 unspecified atom stereocenters. The Balaban J connectivity index is 4.62. The lowest BCUT2D eigenvalue weighted by atomic mass is 10.1. The van der Waals surface area contributed by atoms with Crippen LogP contribution in [0.25, 0.3) is 0 Å². The van der Waals surface area contributed by atoms with E-state index in [2.05, 4.69) is 88.4 Å². The summed E-state index contributed by atoms with van der Waals surface area (Å²) in [5.74, 6) is 31.7. The Labute approximate surface area is 237 Å². The highest BCUT2D eigenvalue weighted by Gasteiger charge is 2.24. The molecule has 0 spiro atoms. The largest absolute Gasteiger partial charge is 0.469 e. The van der Waals surface area contributed by atoms with Gasteiger partial charge in [0, 0.05) is 12.3 Å². The summed E-state index contributed by atoms with van der Waals surface area (Å²) < 4.78 is 25.1. The molecule has 0 saturated heterocycles. The third-order valence-electron chi connectivity index (χ3n) is 4.59. The summed E-state index contributed by atoms with van der Waals surface area (Å²) in [6.07, 6.45) is 9.27. The van der Waals surface area contributed by atoms with Crippen LogP contribution in [0.2, 0.25) is 0 Å². The fourth-order valence-electron chi connectivity index (χ4n) is 2.82. The Hall–Kier alpha value is -4.03. The summed E-state index contributed by atoms with van der Waals surface area (Å²) in [5, 5.41) is 0. The molecule has 0 radical (unpaired) electrons. The van der Waals surface area contributed by atoms with Gasteiger partial charge in [-0.25, -0.2) is 9.36 Å². The third kappa shape index (κ3) is 27.0. The molecule has 8 nitrogen and oxygen atoms in total. The van der Waals surface area contributed by atoms with Crippen molar-refractivity contribution in [2.75, 3.05) is 6.61 Å². The molecule has 2 N–H and O–H groups in total. The van der Waals surface area contributed by atoms with Gasteiger partial charge in [0.05, 0.1) is 0 Å². The van der Waals surface area contributed by atoms with Crippen LogP contribution in [-0.2, 0) is 28.2 Å². The molecule has 0 rings (SSSR count). The van der Waals surface area contributed by atoms with E-state index >= 15 is 0 Å². The minimum absolute atomic E-state index is 0.0612. The lowest BCUT2D eigenvalue weighted by molar-refractivity contribution is -0.189. The van der Waals surface area contributed by atoms with Crippen LogP contribution in [0.1, 0.15) is 84.5 Å². The Kier molecular flexibility index (Phi) is 22.7. The van der Waals surface area contributed by atoms with Crippen LogP contribution in [0.4, 0.5) is 0 Å². The number of unbranched alkanes of at least 4 members (excludes halogenated alkanes) is 9. The van der Waals surface area contributed by atoms with Crippen LogP contribution in [0.15, 0.2) is 0 Å². The fourth-order valence-corrected chi connectivity index (χ4v) is 3.13. The average Bonchev–Trinajstić information content (AvgIpc) is 2.90. The number of phosphoric ester groups is 1. The van der Waals surface area contributed by atoms with E-state index in [0.717, 1.165) is 19.3 Å². The van der Waals surface area contributed by atoms with Crippen molar-refractivity contribution in [2.45, 2.75) is 90.8 Å². The molecule has 210 valence electrons. The van der Waals surface area contributed by atoms with Crippen molar-refractivity contribution in [3.63, 3.8) is 0 Å². The summed E-state index contributed by atoms with van der Waals surface area (Å²) in [6, 6.07) is 0. The maximum absolute atomic E-state index is 12.1. The number of phosphoric acid groups is 1. The zero-order chi connectivity index (χ0) is 29.7. The van der Waals surface area contributed by atoms with E-state index in [1.54, 1.807) is 6.92 Å². The van der Waals surface area contributed by atoms with Gasteiger partial charge in [0.2, 0.25) is 0 Å². The van der Waals surface area contributed by atoms with Crippen LogP contribution >= 0.6 is 7.82 Å². The predicted octanol–water partition coefficient (Wildman–Crippen LogP) is 3.86. The van der Waals surface area contributed by atoms with Crippen molar-refractivity contribution in [3.8, 4) is 82.9 Å². The second-order valence-corrected chi connectivity index (χ2v) is 9.16. The van der Waals surface area contributed by atoms with Crippen molar-refractivity contribution < 1.29 is 37.9 Å². The number of esters is 2. The standard InChI is InChI=1S/C31H33O8P/c1-3-5-7-9-11-13-15-16-17-19-21-23-25-27-30(33)39-31(28-37-40(34,35)36)38-29(32)26-24-22-20-18-14-12-10-8-6-4-2/h31H,4,6,8,10,12,14,18,20,22,24,26,28H2,1-2H3,(H2,34,35,36)/t31-/m1/s1. The molecule has 0 aromatic heterocycles. The van der Waals surface area contributed by atoms with Crippen LogP contribution in [0.3, 0.4) is 0 Å². The summed E-state index contributed by atoms with van der Waals surface area (Å²) in [7, 11) is -4.89. The van der Waals surface area contributed by atoms with Crippen molar-refractivity contribution in [2.24, 2.45) is 0 Å². The van der Waals surface area contributed by atoms with Gasteiger partial charge in [-0.05, 0) is 84.4 Å². The Morgan fingerprint density at radius 1 is 0.675 bits per heavy atom. The smallest absolute Gasteiger partial charge is 0.422 e. The van der Waals surface area contributed by atoms with Crippen LogP contribution in [-0.4, -0.2) is 34.6 Å². The van der Waals surface area contributed by atoms with Crippen molar-refractivity contribution in [1.29, 1.82) is 0 Å². The Morgan fingerprint density at radius 2 is 1.12 bits per heavy atom. The second-order valence-electron chi connectivity index (χ2n) is 7.92. The normalized spacial score (nSPS) is 9.60. The summed E-state index contributed by atoms with van der Waals surface area (Å²) in [6.45, 7) is 2.98. The van der Waals surface area contributed by atoms with Gasteiger partial charge in [0.15, 0.2) is 0 Å². The summed E-state index contributed by atoms with van der Waals surface area (Å²) >= 11 is 0. The monoisotopic (exact) mass is 564 g/mol. The minimum atomic E-state index is -4.89. The topological polar surface area (TPSA) is 119 Å². The van der Waals surface area contributed by atoms with E-state index in [1.807, 2.05) is 5.92 Å². The summed E-state index contributed by atoms with van der Waals surface area (Å²) in [4.78, 5) is 41.8. The summed E-state index contributed by atoms with van der Waals surface area (Å²) in [5.41, 5.74) is 0. The minimum Gasteiger partial charge on any atom is -0.422 e. The number of hydrogen-bond donors (Lipinski definition) is 2. The van der Waals surface area contributed by atoms with Gasteiger partial charge >= 0.3 is 19.8 Å². The predicted molar refractivity (Wildman–Crippen MR) is 151 cm³/mol. The highest BCUT2D eigenvalue weighted by atomic mass is 31.2. The van der Waals surface area contributed by atoms with Crippen LogP contribution in [0, 0.1) is 82.9 Å². The number of carbonyl (C=O) groups is 2. The molecule has 0 aromatic rings. The fraction of sp³-hybridized carbons (Fsp3) is 0.484.